The van der Waals surface area contributed by atoms with Gasteiger partial charge in [0.15, 0.2) is 11.6 Å². The Morgan fingerprint density at radius 2 is 1.22 bits per heavy atom. The van der Waals surface area contributed by atoms with E-state index in [1.807, 2.05) is 66.7 Å². The van der Waals surface area contributed by atoms with E-state index in [4.69, 9.17) is 15.0 Å². The maximum atomic E-state index is 13.8. The number of pyridine rings is 1. The third kappa shape index (κ3) is 7.32. The Kier molecular flexibility index (Phi) is 9.67. The van der Waals surface area contributed by atoms with Gasteiger partial charge in [0, 0.05) is 28.5 Å². The number of rotatable bonds is 6. The monoisotopic (exact) mass is 807 g/mol. The van der Waals surface area contributed by atoms with Crippen molar-refractivity contribution in [3.05, 3.63) is 251 Å². The highest BCUT2D eigenvalue weighted by Crippen LogP contribution is 2.45. The summed E-state index contributed by atoms with van der Waals surface area (Å²) in [5.41, 5.74) is 19.5. The molecule has 2 aliphatic carbocycles. The molecular formula is C59H41N3O. The second-order valence-corrected chi connectivity index (χ2v) is 16.4. The number of allylic oxidation sites excluding steroid dienone is 5. The van der Waals surface area contributed by atoms with Crippen molar-refractivity contribution in [2.24, 2.45) is 9.98 Å². The number of aliphatic imine (C=N–C) groups is 2. The van der Waals surface area contributed by atoms with Gasteiger partial charge in [-0.15, -0.1) is 0 Å². The van der Waals surface area contributed by atoms with Crippen LogP contribution in [0.25, 0.3) is 61.3 Å². The lowest BCUT2D eigenvalue weighted by Gasteiger charge is -2.25. The molecule has 63 heavy (non-hydrogen) atoms. The van der Waals surface area contributed by atoms with Crippen LogP contribution in [0.3, 0.4) is 0 Å². The van der Waals surface area contributed by atoms with Crippen LogP contribution in [0.15, 0.2) is 222 Å². The molecule has 0 spiro atoms. The molecule has 0 amide bonds. The van der Waals surface area contributed by atoms with Crippen molar-refractivity contribution >= 4 is 45.1 Å². The molecule has 0 N–H and O–H groups in total. The molecule has 3 aliphatic rings. The van der Waals surface area contributed by atoms with Crippen LogP contribution in [-0.4, -0.2) is 22.3 Å². The minimum absolute atomic E-state index is 0.0820. The average molecular weight is 808 g/mol. The number of para-hydroxylation sites is 1. The summed E-state index contributed by atoms with van der Waals surface area (Å²) >= 11 is 0. The zero-order valence-electron chi connectivity index (χ0n) is 34.6. The highest BCUT2D eigenvalue weighted by molar-refractivity contribution is 6.22. The molecule has 298 valence electrons. The smallest absolute Gasteiger partial charge is 0.160 e. The van der Waals surface area contributed by atoms with Gasteiger partial charge in [-0.1, -0.05) is 170 Å². The molecule has 0 bridgehead atoms. The lowest BCUT2D eigenvalue weighted by Crippen LogP contribution is -2.10. The van der Waals surface area contributed by atoms with Crippen LogP contribution < -0.4 is 0 Å². The van der Waals surface area contributed by atoms with Crippen LogP contribution in [0.2, 0.25) is 0 Å². The topological polar surface area (TPSA) is 54.7 Å². The van der Waals surface area contributed by atoms with E-state index in [0.29, 0.717) is 18.7 Å². The Morgan fingerprint density at radius 1 is 0.540 bits per heavy atom. The normalized spacial score (nSPS) is 15.9. The Hall–Kier alpha value is -8.08. The first-order valence-electron chi connectivity index (χ1n) is 21.4. The van der Waals surface area contributed by atoms with Gasteiger partial charge in [0.25, 0.3) is 0 Å². The number of benzene rings is 7. The molecule has 0 saturated carbocycles. The Bertz CT molecular complexity index is 3310. The van der Waals surface area contributed by atoms with Crippen molar-refractivity contribution in [1.82, 2.24) is 4.98 Å². The fourth-order valence-electron chi connectivity index (χ4n) is 9.30. The van der Waals surface area contributed by atoms with Gasteiger partial charge in [-0.3, -0.25) is 4.79 Å². The summed E-state index contributed by atoms with van der Waals surface area (Å²) in [6.07, 6.45) is 7.69. The molecule has 11 rings (SSSR count). The summed E-state index contributed by atoms with van der Waals surface area (Å²) in [5, 5.41) is 1.03. The number of ketones is 1. The summed E-state index contributed by atoms with van der Waals surface area (Å²) in [4.78, 5) is 29.6. The lowest BCUT2D eigenvalue weighted by molar-refractivity contribution is -0.114. The number of hydrogen-bond acceptors (Lipinski definition) is 4. The highest BCUT2D eigenvalue weighted by atomic mass is 16.1. The van der Waals surface area contributed by atoms with Crippen LogP contribution >= 0.6 is 0 Å². The number of hydrogen-bond donors (Lipinski definition) is 0. The van der Waals surface area contributed by atoms with E-state index < -0.39 is 0 Å². The molecule has 2 heterocycles. The van der Waals surface area contributed by atoms with Gasteiger partial charge in [0.1, 0.15) is 0 Å². The van der Waals surface area contributed by atoms with Crippen LogP contribution in [0.5, 0.6) is 0 Å². The van der Waals surface area contributed by atoms with Crippen LogP contribution in [0.4, 0.5) is 0 Å². The highest BCUT2D eigenvalue weighted by Gasteiger charge is 2.26. The summed E-state index contributed by atoms with van der Waals surface area (Å²) in [6.45, 7) is 4.45. The molecule has 0 unspecified atom stereocenters. The fourth-order valence-corrected chi connectivity index (χ4v) is 9.30. The van der Waals surface area contributed by atoms with Crippen molar-refractivity contribution < 1.29 is 4.79 Å². The van der Waals surface area contributed by atoms with Gasteiger partial charge in [0.2, 0.25) is 0 Å². The largest absolute Gasteiger partial charge is 0.294 e. The van der Waals surface area contributed by atoms with E-state index in [9.17, 15) is 4.79 Å². The molecule has 4 heteroatoms. The first-order chi connectivity index (χ1) is 31.0. The second kappa shape index (κ2) is 16.1. The predicted molar refractivity (Wildman–Crippen MR) is 261 cm³/mol. The van der Waals surface area contributed by atoms with E-state index in [2.05, 4.69) is 140 Å². The van der Waals surface area contributed by atoms with Crippen molar-refractivity contribution in [2.45, 2.75) is 19.3 Å². The van der Waals surface area contributed by atoms with Crippen molar-refractivity contribution in [2.75, 3.05) is 0 Å². The summed E-state index contributed by atoms with van der Waals surface area (Å²) in [5.74, 6) is 0.713. The first-order valence-corrected chi connectivity index (χ1v) is 21.4. The maximum absolute atomic E-state index is 13.8. The number of fused-ring (bicyclic) bond motifs is 7. The standard InChI is InChI=1S/C59H41N3O/c1-38-30-55(40-18-7-3-8-19-40)60-56(62-58(38)41-20-9-4-10-21-41)37-46-32-42-28-29-43(36-53(42)52-24-13-12-23-49(46)52)50-25-15-26-51-45(31-39-16-5-2-6-17-39)34-48(63)35-47-33-44-22-11-14-27-54(44)61-59(47)57(50)51/h2-30,33-34,36-37H,1,31-32,35H2/b45-34-,46-37-. The molecule has 1 aliphatic heterocycles. The molecule has 1 aromatic heterocycles. The maximum Gasteiger partial charge on any atom is 0.160 e. The molecule has 0 radical (unpaired) electrons. The molecule has 8 aromatic rings. The van der Waals surface area contributed by atoms with Crippen molar-refractivity contribution in [3.63, 3.8) is 0 Å². The van der Waals surface area contributed by atoms with Crippen LogP contribution in [-0.2, 0) is 24.1 Å². The van der Waals surface area contributed by atoms with E-state index in [-0.39, 0.29) is 12.2 Å². The van der Waals surface area contributed by atoms with Gasteiger partial charge in [-0.2, -0.15) is 0 Å². The van der Waals surface area contributed by atoms with Gasteiger partial charge in [-0.25, -0.2) is 15.0 Å². The molecule has 4 nitrogen and oxygen atoms in total. The lowest BCUT2D eigenvalue weighted by atomic mass is 9.79. The molecule has 0 fully saturated rings. The molecule has 7 aromatic carbocycles. The Labute approximate surface area is 367 Å². The van der Waals surface area contributed by atoms with Gasteiger partial charge in [0.05, 0.1) is 22.6 Å². The van der Waals surface area contributed by atoms with Crippen molar-refractivity contribution in [1.29, 1.82) is 0 Å². The zero-order chi connectivity index (χ0) is 42.3. The van der Waals surface area contributed by atoms with Crippen molar-refractivity contribution in [3.8, 4) is 33.5 Å². The Morgan fingerprint density at radius 3 is 2.03 bits per heavy atom. The van der Waals surface area contributed by atoms with Gasteiger partial charge < -0.3 is 0 Å². The number of carbonyl (C=O) groups is 1. The van der Waals surface area contributed by atoms with Gasteiger partial charge >= 0.3 is 0 Å². The van der Waals surface area contributed by atoms with E-state index >= 15 is 0 Å². The van der Waals surface area contributed by atoms with E-state index in [1.54, 1.807) is 0 Å². The number of nitrogens with zero attached hydrogens (tertiary/aromatic N) is 3. The molecule has 0 saturated heterocycles. The van der Waals surface area contributed by atoms with Crippen LogP contribution in [0.1, 0.15) is 38.9 Å². The van der Waals surface area contributed by atoms with E-state index in [1.165, 1.54) is 11.1 Å². The fraction of sp³-hybridized carbons (Fsp3) is 0.0508. The minimum Gasteiger partial charge on any atom is -0.294 e. The summed E-state index contributed by atoms with van der Waals surface area (Å²) < 4.78 is 0. The van der Waals surface area contributed by atoms with Crippen LogP contribution in [0, 0.1) is 0 Å². The first kappa shape index (κ1) is 37.9. The van der Waals surface area contributed by atoms with E-state index in [0.717, 1.165) is 100 Å². The molecular weight excluding hydrogens is 767 g/mol. The number of carbonyl (C=O) groups excluding carboxylic acids is 1. The van der Waals surface area contributed by atoms with Gasteiger partial charge in [-0.05, 0) is 116 Å². The quantitative estimate of drug-likeness (QED) is 0.168. The Balaban J connectivity index is 1.05. The zero-order valence-corrected chi connectivity index (χ0v) is 34.6. The summed E-state index contributed by atoms with van der Waals surface area (Å²) in [7, 11) is 0. The number of amidine groups is 1. The number of aromatic nitrogens is 1. The average Bonchev–Trinajstić information content (AvgIpc) is 3.49. The third-order valence-corrected chi connectivity index (χ3v) is 12.2. The molecule has 0 atom stereocenters. The SMILES string of the molecule is C=C1C=C(c2ccccc2)N=C(/C=C2/Cc3ccc(-c4cccc5c4-c4nc6ccccc6cc4CC(=O)/C=C\5Cc4ccccc4)cc3-c3ccccc32)N=C1c1ccccc1. The summed E-state index contributed by atoms with van der Waals surface area (Å²) in [6, 6.07) is 63.2. The predicted octanol–water partition coefficient (Wildman–Crippen LogP) is 13.4. The third-order valence-electron chi connectivity index (χ3n) is 12.2. The second-order valence-electron chi connectivity index (χ2n) is 16.4. The minimum atomic E-state index is 0.0820.